The van der Waals surface area contributed by atoms with Gasteiger partial charge in [0.25, 0.3) is 0 Å². The van der Waals surface area contributed by atoms with Crippen molar-refractivity contribution < 1.29 is 4.79 Å². The average Bonchev–Trinajstić information content (AvgIpc) is 2.48. The summed E-state index contributed by atoms with van der Waals surface area (Å²) < 4.78 is 0. The SMILES string of the molecule is CC(C)/C=C/[C@H]1C(=O)[C@H]2CCC[C@H]21. The summed E-state index contributed by atoms with van der Waals surface area (Å²) in [5.41, 5.74) is 0. The molecular weight excluding hydrogens is 160 g/mol. The summed E-state index contributed by atoms with van der Waals surface area (Å²) in [6.45, 7) is 4.32. The Morgan fingerprint density at radius 3 is 2.85 bits per heavy atom. The highest BCUT2D eigenvalue weighted by molar-refractivity contribution is 5.92. The van der Waals surface area contributed by atoms with Gasteiger partial charge in [0.2, 0.25) is 0 Å². The summed E-state index contributed by atoms with van der Waals surface area (Å²) in [6.07, 6.45) is 8.04. The molecule has 2 saturated carbocycles. The van der Waals surface area contributed by atoms with Crippen molar-refractivity contribution in [2.24, 2.45) is 23.7 Å². The van der Waals surface area contributed by atoms with Crippen molar-refractivity contribution in [2.75, 3.05) is 0 Å². The summed E-state index contributed by atoms with van der Waals surface area (Å²) >= 11 is 0. The van der Waals surface area contributed by atoms with Crippen LogP contribution in [-0.2, 0) is 4.79 Å². The van der Waals surface area contributed by atoms with Gasteiger partial charge in [-0.05, 0) is 24.7 Å². The second-order valence-corrected chi connectivity index (χ2v) is 4.76. The van der Waals surface area contributed by atoms with E-state index in [1.807, 2.05) is 0 Å². The van der Waals surface area contributed by atoms with Gasteiger partial charge in [-0.3, -0.25) is 4.79 Å². The molecule has 0 aromatic heterocycles. The van der Waals surface area contributed by atoms with Crippen molar-refractivity contribution in [3.63, 3.8) is 0 Å². The molecule has 1 heteroatoms. The Balaban J connectivity index is 1.98. The molecule has 0 N–H and O–H groups in total. The molecule has 0 amide bonds. The van der Waals surface area contributed by atoms with E-state index in [2.05, 4.69) is 26.0 Å². The first-order valence-corrected chi connectivity index (χ1v) is 5.42. The molecule has 0 radical (unpaired) electrons. The Labute approximate surface area is 80.2 Å². The molecule has 0 spiro atoms. The van der Waals surface area contributed by atoms with Crippen molar-refractivity contribution >= 4 is 5.78 Å². The van der Waals surface area contributed by atoms with Crippen molar-refractivity contribution in [3.05, 3.63) is 12.2 Å². The Hall–Kier alpha value is -0.590. The predicted octanol–water partition coefficient (Wildman–Crippen LogP) is 2.81. The van der Waals surface area contributed by atoms with Gasteiger partial charge in [0, 0.05) is 11.8 Å². The molecule has 2 rings (SSSR count). The Morgan fingerprint density at radius 1 is 1.38 bits per heavy atom. The van der Waals surface area contributed by atoms with E-state index < -0.39 is 0 Å². The van der Waals surface area contributed by atoms with Crippen LogP contribution in [0, 0.1) is 23.7 Å². The van der Waals surface area contributed by atoms with Crippen LogP contribution in [-0.4, -0.2) is 5.78 Å². The zero-order chi connectivity index (χ0) is 9.42. The second-order valence-electron chi connectivity index (χ2n) is 4.76. The fourth-order valence-electron chi connectivity index (χ4n) is 2.69. The molecule has 0 unspecified atom stereocenters. The van der Waals surface area contributed by atoms with E-state index in [0.29, 0.717) is 23.5 Å². The normalized spacial score (nSPS) is 38.4. The number of hydrogen-bond acceptors (Lipinski definition) is 1. The largest absolute Gasteiger partial charge is 0.299 e. The number of carbonyl (C=O) groups is 1. The molecule has 72 valence electrons. The summed E-state index contributed by atoms with van der Waals surface area (Å²) in [4.78, 5) is 11.6. The van der Waals surface area contributed by atoms with Gasteiger partial charge in [0.1, 0.15) is 5.78 Å². The first kappa shape index (κ1) is 8.98. The molecule has 0 aliphatic heterocycles. The number of rotatable bonds is 2. The van der Waals surface area contributed by atoms with Crippen LogP contribution in [0.5, 0.6) is 0 Å². The number of ketones is 1. The highest BCUT2D eigenvalue weighted by Gasteiger charge is 2.49. The first-order chi connectivity index (χ1) is 6.20. The van der Waals surface area contributed by atoms with Crippen molar-refractivity contribution in [3.8, 4) is 0 Å². The van der Waals surface area contributed by atoms with Crippen LogP contribution in [0.25, 0.3) is 0 Å². The lowest BCUT2D eigenvalue weighted by Gasteiger charge is -2.36. The fraction of sp³-hybridized carbons (Fsp3) is 0.750. The summed E-state index contributed by atoms with van der Waals surface area (Å²) in [6, 6.07) is 0. The molecule has 1 nitrogen and oxygen atoms in total. The smallest absolute Gasteiger partial charge is 0.143 e. The molecule has 13 heavy (non-hydrogen) atoms. The van der Waals surface area contributed by atoms with Crippen LogP contribution >= 0.6 is 0 Å². The summed E-state index contributed by atoms with van der Waals surface area (Å²) in [7, 11) is 0. The third-order valence-electron chi connectivity index (χ3n) is 3.43. The van der Waals surface area contributed by atoms with Gasteiger partial charge < -0.3 is 0 Å². The maximum atomic E-state index is 11.6. The Kier molecular flexibility index (Phi) is 2.27. The van der Waals surface area contributed by atoms with E-state index in [0.717, 1.165) is 6.42 Å². The number of Topliss-reactive ketones (excluding diaryl/α,β-unsaturated/α-hetero) is 1. The number of allylic oxidation sites excluding steroid dienone is 2. The third-order valence-corrected chi connectivity index (χ3v) is 3.43. The Bertz CT molecular complexity index is 240. The lowest BCUT2D eigenvalue weighted by atomic mass is 9.65. The molecule has 0 aromatic rings. The minimum absolute atomic E-state index is 0.287. The maximum Gasteiger partial charge on any atom is 0.143 e. The zero-order valence-electron chi connectivity index (χ0n) is 8.49. The van der Waals surface area contributed by atoms with Crippen LogP contribution in [0.4, 0.5) is 0 Å². The number of hydrogen-bond donors (Lipinski definition) is 0. The molecule has 2 aliphatic carbocycles. The standard InChI is InChI=1S/C12H18O/c1-8(2)6-7-11-9-4-3-5-10(9)12(11)13/h6-11H,3-5H2,1-2H3/b7-6+/t9-,10+,11-/m1/s1. The van der Waals surface area contributed by atoms with Crippen LogP contribution in [0.1, 0.15) is 33.1 Å². The monoisotopic (exact) mass is 178 g/mol. The van der Waals surface area contributed by atoms with Crippen molar-refractivity contribution in [1.29, 1.82) is 0 Å². The molecule has 2 fully saturated rings. The number of carbonyl (C=O) groups excluding carboxylic acids is 1. The van der Waals surface area contributed by atoms with E-state index in [-0.39, 0.29) is 5.92 Å². The van der Waals surface area contributed by atoms with Crippen molar-refractivity contribution in [2.45, 2.75) is 33.1 Å². The molecular formula is C12H18O. The van der Waals surface area contributed by atoms with Gasteiger partial charge in [0.15, 0.2) is 0 Å². The fourth-order valence-corrected chi connectivity index (χ4v) is 2.69. The van der Waals surface area contributed by atoms with E-state index in [1.165, 1.54) is 12.8 Å². The maximum absolute atomic E-state index is 11.6. The van der Waals surface area contributed by atoms with Gasteiger partial charge >= 0.3 is 0 Å². The molecule has 3 atom stereocenters. The Morgan fingerprint density at radius 2 is 2.15 bits per heavy atom. The van der Waals surface area contributed by atoms with Crippen LogP contribution in [0.15, 0.2) is 12.2 Å². The minimum atomic E-state index is 0.287. The van der Waals surface area contributed by atoms with Gasteiger partial charge in [-0.1, -0.05) is 32.4 Å². The molecule has 0 aromatic carbocycles. The quantitative estimate of drug-likeness (QED) is 0.594. The molecule has 0 saturated heterocycles. The summed E-state index contributed by atoms with van der Waals surface area (Å²) in [5.74, 6) is 2.53. The van der Waals surface area contributed by atoms with E-state index in [4.69, 9.17) is 0 Å². The van der Waals surface area contributed by atoms with Gasteiger partial charge in [0.05, 0.1) is 0 Å². The molecule has 0 heterocycles. The predicted molar refractivity (Wildman–Crippen MR) is 53.3 cm³/mol. The minimum Gasteiger partial charge on any atom is -0.299 e. The second kappa shape index (κ2) is 3.28. The topological polar surface area (TPSA) is 17.1 Å². The molecule has 0 bridgehead atoms. The lowest BCUT2D eigenvalue weighted by Crippen LogP contribution is -2.43. The van der Waals surface area contributed by atoms with Crippen LogP contribution in [0.3, 0.4) is 0 Å². The van der Waals surface area contributed by atoms with Gasteiger partial charge in [-0.25, -0.2) is 0 Å². The average molecular weight is 178 g/mol. The van der Waals surface area contributed by atoms with Crippen molar-refractivity contribution in [1.82, 2.24) is 0 Å². The summed E-state index contributed by atoms with van der Waals surface area (Å²) in [5, 5.41) is 0. The lowest BCUT2D eigenvalue weighted by molar-refractivity contribution is -0.137. The highest BCUT2D eigenvalue weighted by atomic mass is 16.1. The van der Waals surface area contributed by atoms with Crippen LogP contribution in [0.2, 0.25) is 0 Å². The van der Waals surface area contributed by atoms with E-state index in [1.54, 1.807) is 0 Å². The first-order valence-electron chi connectivity index (χ1n) is 5.42. The third kappa shape index (κ3) is 1.45. The zero-order valence-corrected chi connectivity index (χ0v) is 8.49. The van der Waals surface area contributed by atoms with E-state index in [9.17, 15) is 4.79 Å². The van der Waals surface area contributed by atoms with Crippen LogP contribution < -0.4 is 0 Å². The highest BCUT2D eigenvalue weighted by Crippen LogP contribution is 2.48. The van der Waals surface area contributed by atoms with E-state index >= 15 is 0 Å². The molecule has 2 aliphatic rings. The van der Waals surface area contributed by atoms with Gasteiger partial charge in [-0.15, -0.1) is 0 Å². The van der Waals surface area contributed by atoms with Gasteiger partial charge in [-0.2, -0.15) is 0 Å². The number of fused-ring (bicyclic) bond motifs is 1.